The first-order valence-electron chi connectivity index (χ1n) is 7.43. The van der Waals surface area contributed by atoms with Crippen LogP contribution in [0.1, 0.15) is 18.5 Å². The number of aromatic nitrogens is 2. The maximum atomic E-state index is 12.1. The molecule has 3 aromatic rings. The van der Waals surface area contributed by atoms with Crippen molar-refractivity contribution in [2.75, 3.05) is 5.32 Å². The van der Waals surface area contributed by atoms with Crippen molar-refractivity contribution in [2.24, 2.45) is 0 Å². The van der Waals surface area contributed by atoms with Crippen LogP contribution < -0.4 is 10.6 Å². The minimum atomic E-state index is -0.237. The van der Waals surface area contributed by atoms with Gasteiger partial charge < -0.3 is 15.2 Å². The normalized spacial score (nSPS) is 11.7. The van der Waals surface area contributed by atoms with Gasteiger partial charge in [-0.3, -0.25) is 4.98 Å². The van der Waals surface area contributed by atoms with Crippen LogP contribution in [0.5, 0.6) is 0 Å². The molecule has 2 heterocycles. The van der Waals surface area contributed by atoms with E-state index in [9.17, 15) is 4.79 Å². The van der Waals surface area contributed by atoms with Crippen LogP contribution in [0.15, 0.2) is 73.3 Å². The fourth-order valence-electron chi connectivity index (χ4n) is 2.35. The van der Waals surface area contributed by atoms with E-state index in [4.69, 9.17) is 0 Å². The fraction of sp³-hybridized carbons (Fsp3) is 0.111. The number of rotatable bonds is 4. The Labute approximate surface area is 135 Å². The number of nitrogens with zero attached hydrogens (tertiary/aromatic N) is 2. The highest BCUT2D eigenvalue weighted by Crippen LogP contribution is 2.15. The van der Waals surface area contributed by atoms with Crippen molar-refractivity contribution in [3.63, 3.8) is 0 Å². The third-order valence-electron chi connectivity index (χ3n) is 3.56. The second-order valence-corrected chi connectivity index (χ2v) is 5.24. The van der Waals surface area contributed by atoms with Gasteiger partial charge in [-0.05, 0) is 55.0 Å². The third-order valence-corrected chi connectivity index (χ3v) is 3.56. The molecule has 2 aromatic heterocycles. The minimum absolute atomic E-state index is 0.0920. The summed E-state index contributed by atoms with van der Waals surface area (Å²) >= 11 is 0. The molecule has 0 aliphatic carbocycles. The minimum Gasteiger partial charge on any atom is -0.331 e. The molecule has 0 radical (unpaired) electrons. The molecule has 116 valence electrons. The van der Waals surface area contributed by atoms with Crippen molar-refractivity contribution in [2.45, 2.75) is 13.0 Å². The van der Waals surface area contributed by atoms with Gasteiger partial charge in [-0.2, -0.15) is 0 Å². The Morgan fingerprint density at radius 3 is 2.57 bits per heavy atom. The molecule has 0 fully saturated rings. The Balaban J connectivity index is 1.65. The van der Waals surface area contributed by atoms with Gasteiger partial charge in [-0.25, -0.2) is 4.79 Å². The maximum Gasteiger partial charge on any atom is 0.319 e. The number of urea groups is 1. The summed E-state index contributed by atoms with van der Waals surface area (Å²) in [6.07, 6.45) is 7.35. The molecular weight excluding hydrogens is 288 g/mol. The molecule has 23 heavy (non-hydrogen) atoms. The van der Waals surface area contributed by atoms with Crippen LogP contribution in [-0.4, -0.2) is 15.6 Å². The summed E-state index contributed by atoms with van der Waals surface area (Å²) in [5.74, 6) is 0. The van der Waals surface area contributed by atoms with E-state index in [0.29, 0.717) is 0 Å². The summed E-state index contributed by atoms with van der Waals surface area (Å²) < 4.78 is 1.99. The van der Waals surface area contributed by atoms with Gasteiger partial charge in [0.15, 0.2) is 0 Å². The van der Waals surface area contributed by atoms with Gasteiger partial charge in [0, 0.05) is 36.2 Å². The van der Waals surface area contributed by atoms with E-state index in [0.717, 1.165) is 16.9 Å². The molecule has 5 heteroatoms. The monoisotopic (exact) mass is 306 g/mol. The van der Waals surface area contributed by atoms with Crippen LogP contribution >= 0.6 is 0 Å². The Bertz CT molecular complexity index is 769. The number of pyridine rings is 1. The van der Waals surface area contributed by atoms with Crippen LogP contribution in [0.25, 0.3) is 5.69 Å². The smallest absolute Gasteiger partial charge is 0.319 e. The molecule has 0 aliphatic rings. The van der Waals surface area contributed by atoms with Gasteiger partial charge in [0.1, 0.15) is 0 Å². The quantitative estimate of drug-likeness (QED) is 0.771. The molecule has 5 nitrogen and oxygen atoms in total. The van der Waals surface area contributed by atoms with Crippen molar-refractivity contribution in [3.05, 3.63) is 78.9 Å². The van der Waals surface area contributed by atoms with E-state index >= 15 is 0 Å². The molecule has 1 atom stereocenters. The second kappa shape index (κ2) is 6.79. The fourth-order valence-corrected chi connectivity index (χ4v) is 2.35. The summed E-state index contributed by atoms with van der Waals surface area (Å²) in [6, 6.07) is 15.1. The number of benzene rings is 1. The highest BCUT2D eigenvalue weighted by Gasteiger charge is 2.09. The lowest BCUT2D eigenvalue weighted by atomic mass is 10.1. The van der Waals surface area contributed by atoms with Crippen LogP contribution in [-0.2, 0) is 0 Å². The lowest BCUT2D eigenvalue weighted by Gasteiger charge is -2.15. The number of anilines is 1. The molecule has 2 N–H and O–H groups in total. The van der Waals surface area contributed by atoms with Gasteiger partial charge in [0.2, 0.25) is 0 Å². The number of hydrogen-bond donors (Lipinski definition) is 2. The summed E-state index contributed by atoms with van der Waals surface area (Å²) in [5, 5.41) is 5.78. The lowest BCUT2D eigenvalue weighted by molar-refractivity contribution is 0.249. The Hall–Kier alpha value is -3.08. The average molecular weight is 306 g/mol. The SMILES string of the molecule is CC(NC(=O)Nc1cccc(-n2cccc2)c1)c1ccncc1. The van der Waals surface area contributed by atoms with Crippen LogP contribution in [0.3, 0.4) is 0 Å². The Morgan fingerprint density at radius 2 is 1.83 bits per heavy atom. The standard InChI is InChI=1S/C18H18N4O/c1-14(15-7-9-19-10-8-15)20-18(23)21-16-5-4-6-17(13-16)22-11-2-3-12-22/h2-14H,1H3,(H2,20,21,23). The summed E-state index contributed by atoms with van der Waals surface area (Å²) in [6.45, 7) is 1.94. The molecule has 0 bridgehead atoms. The zero-order valence-electron chi connectivity index (χ0n) is 12.8. The van der Waals surface area contributed by atoms with E-state index in [1.54, 1.807) is 12.4 Å². The van der Waals surface area contributed by atoms with Gasteiger partial charge in [0.25, 0.3) is 0 Å². The van der Waals surface area contributed by atoms with Crippen LogP contribution in [0.4, 0.5) is 10.5 Å². The molecule has 0 saturated carbocycles. The molecule has 2 amide bonds. The first kappa shape index (κ1) is 14.8. The summed E-state index contributed by atoms with van der Waals surface area (Å²) in [7, 11) is 0. The van der Waals surface area contributed by atoms with Gasteiger partial charge in [0.05, 0.1) is 6.04 Å². The maximum absolute atomic E-state index is 12.1. The predicted molar refractivity (Wildman–Crippen MR) is 90.6 cm³/mol. The highest BCUT2D eigenvalue weighted by molar-refractivity contribution is 5.89. The number of hydrogen-bond acceptors (Lipinski definition) is 2. The zero-order valence-corrected chi connectivity index (χ0v) is 12.8. The molecule has 0 spiro atoms. The van der Waals surface area contributed by atoms with Gasteiger partial charge in [-0.15, -0.1) is 0 Å². The van der Waals surface area contributed by atoms with Crippen LogP contribution in [0.2, 0.25) is 0 Å². The van der Waals surface area contributed by atoms with Crippen molar-refractivity contribution in [1.29, 1.82) is 0 Å². The Morgan fingerprint density at radius 1 is 1.09 bits per heavy atom. The van der Waals surface area contributed by atoms with Crippen molar-refractivity contribution in [3.8, 4) is 5.69 Å². The number of carbonyl (C=O) groups excluding carboxylic acids is 1. The zero-order chi connectivity index (χ0) is 16.1. The number of amides is 2. The van der Waals surface area contributed by atoms with E-state index in [1.807, 2.05) is 72.4 Å². The van der Waals surface area contributed by atoms with Crippen molar-refractivity contribution < 1.29 is 4.79 Å². The first-order chi connectivity index (χ1) is 11.2. The highest BCUT2D eigenvalue weighted by atomic mass is 16.2. The van der Waals surface area contributed by atoms with E-state index < -0.39 is 0 Å². The first-order valence-corrected chi connectivity index (χ1v) is 7.43. The predicted octanol–water partition coefficient (Wildman–Crippen LogP) is 3.76. The molecule has 1 unspecified atom stereocenters. The van der Waals surface area contributed by atoms with Crippen molar-refractivity contribution in [1.82, 2.24) is 14.9 Å². The van der Waals surface area contributed by atoms with E-state index in [1.165, 1.54) is 0 Å². The van der Waals surface area contributed by atoms with Gasteiger partial charge >= 0.3 is 6.03 Å². The van der Waals surface area contributed by atoms with Gasteiger partial charge in [-0.1, -0.05) is 6.07 Å². The molecule has 0 saturated heterocycles. The third kappa shape index (κ3) is 3.77. The largest absolute Gasteiger partial charge is 0.331 e. The van der Waals surface area contributed by atoms with E-state index in [2.05, 4.69) is 15.6 Å². The Kier molecular flexibility index (Phi) is 4.38. The number of carbonyl (C=O) groups is 1. The number of nitrogens with one attached hydrogen (secondary N) is 2. The molecule has 0 aliphatic heterocycles. The average Bonchev–Trinajstić information content (AvgIpc) is 3.10. The summed E-state index contributed by atoms with van der Waals surface area (Å²) in [4.78, 5) is 16.1. The molecule has 1 aromatic carbocycles. The summed E-state index contributed by atoms with van der Waals surface area (Å²) in [5.41, 5.74) is 2.75. The lowest BCUT2D eigenvalue weighted by Crippen LogP contribution is -2.31. The second-order valence-electron chi connectivity index (χ2n) is 5.24. The van der Waals surface area contributed by atoms with Crippen molar-refractivity contribution >= 4 is 11.7 Å². The topological polar surface area (TPSA) is 59.0 Å². The van der Waals surface area contributed by atoms with Crippen LogP contribution in [0, 0.1) is 0 Å². The van der Waals surface area contributed by atoms with E-state index in [-0.39, 0.29) is 12.1 Å². The molecular formula is C18H18N4O. The molecule has 3 rings (SSSR count).